The number of nitriles is 1. The van der Waals surface area contributed by atoms with Crippen LogP contribution in [0.25, 0.3) is 11.0 Å². The standard InChI is InChI=1S/C18H20N6O/c1-13-8-20-16-15(13)17(22-12-21-16)24-7-4-18(11-24)3-6-23(10-18)14(9-25)2-5-19/h8,12H,2-4,6-7,10-11H2,1H3,(H,20,21,22). The van der Waals surface area contributed by atoms with Crippen molar-refractivity contribution in [1.29, 1.82) is 5.26 Å². The van der Waals surface area contributed by atoms with Crippen molar-refractivity contribution in [2.24, 2.45) is 5.41 Å². The average molecular weight is 336 g/mol. The topological polar surface area (TPSA) is 88.9 Å². The fraction of sp³-hybridized carbons (Fsp3) is 0.500. The van der Waals surface area contributed by atoms with Crippen LogP contribution in [0.5, 0.6) is 0 Å². The molecule has 0 bridgehead atoms. The number of H-pyrrole nitrogens is 1. The minimum absolute atomic E-state index is 0.137. The molecule has 0 amide bonds. The molecule has 2 fully saturated rings. The summed E-state index contributed by atoms with van der Waals surface area (Å²) in [4.78, 5) is 27.6. The number of aromatic nitrogens is 3. The van der Waals surface area contributed by atoms with Gasteiger partial charge in [-0.25, -0.2) is 14.8 Å². The molecule has 0 saturated carbocycles. The van der Waals surface area contributed by atoms with Crippen LogP contribution in [0.15, 0.2) is 18.2 Å². The van der Waals surface area contributed by atoms with Crippen molar-refractivity contribution < 1.29 is 4.79 Å². The number of carbonyl (C=O) groups excluding carboxylic acids is 1. The van der Waals surface area contributed by atoms with Crippen LogP contribution >= 0.6 is 0 Å². The van der Waals surface area contributed by atoms with E-state index in [0.717, 1.165) is 61.4 Å². The first-order valence-electron chi connectivity index (χ1n) is 8.55. The second-order valence-corrected chi connectivity index (χ2v) is 7.12. The fourth-order valence-corrected chi connectivity index (χ4v) is 4.24. The zero-order valence-electron chi connectivity index (χ0n) is 14.2. The van der Waals surface area contributed by atoms with Crippen molar-refractivity contribution in [3.8, 4) is 6.07 Å². The number of nitrogens with zero attached hydrogens (tertiary/aromatic N) is 5. The van der Waals surface area contributed by atoms with Gasteiger partial charge in [-0.2, -0.15) is 5.26 Å². The van der Waals surface area contributed by atoms with E-state index in [9.17, 15) is 4.79 Å². The largest absolute Gasteiger partial charge is 0.364 e. The average Bonchev–Trinajstić information content (AvgIpc) is 3.33. The molecule has 1 unspecified atom stereocenters. The van der Waals surface area contributed by atoms with Crippen molar-refractivity contribution in [1.82, 2.24) is 19.9 Å². The highest BCUT2D eigenvalue weighted by molar-refractivity contribution is 5.90. The van der Waals surface area contributed by atoms with E-state index in [-0.39, 0.29) is 11.8 Å². The molecule has 1 N–H and O–H groups in total. The molecule has 4 rings (SSSR count). The second kappa shape index (κ2) is 5.91. The normalized spacial score (nSPS) is 22.6. The highest BCUT2D eigenvalue weighted by atomic mass is 16.1. The molecule has 1 atom stereocenters. The van der Waals surface area contributed by atoms with Crippen LogP contribution in [-0.2, 0) is 4.79 Å². The van der Waals surface area contributed by atoms with Crippen LogP contribution in [0.4, 0.5) is 5.82 Å². The van der Waals surface area contributed by atoms with Crippen LogP contribution in [0.3, 0.4) is 0 Å². The van der Waals surface area contributed by atoms with E-state index in [1.54, 1.807) is 6.33 Å². The number of aromatic amines is 1. The molecule has 2 aliphatic heterocycles. The Morgan fingerprint density at radius 3 is 3.00 bits per heavy atom. The first-order chi connectivity index (χ1) is 12.2. The molecule has 0 aromatic carbocycles. The Morgan fingerprint density at radius 2 is 2.20 bits per heavy atom. The van der Waals surface area contributed by atoms with Crippen molar-refractivity contribution in [3.05, 3.63) is 23.8 Å². The van der Waals surface area contributed by atoms with Gasteiger partial charge in [-0.05, 0) is 25.3 Å². The number of rotatable bonds is 3. The number of fused-ring (bicyclic) bond motifs is 1. The number of nitrogens with one attached hydrogen (secondary N) is 1. The fourth-order valence-electron chi connectivity index (χ4n) is 4.24. The number of hydrogen-bond acceptors (Lipinski definition) is 6. The van der Waals surface area contributed by atoms with E-state index in [1.165, 1.54) is 0 Å². The van der Waals surface area contributed by atoms with Crippen LogP contribution < -0.4 is 4.90 Å². The van der Waals surface area contributed by atoms with Crippen molar-refractivity contribution >= 4 is 22.8 Å². The Morgan fingerprint density at radius 1 is 1.36 bits per heavy atom. The number of allylic oxidation sites excluding steroid dienone is 1. The Labute approximate surface area is 146 Å². The van der Waals surface area contributed by atoms with Gasteiger partial charge in [0.25, 0.3) is 0 Å². The van der Waals surface area contributed by atoms with Gasteiger partial charge in [0.15, 0.2) is 0 Å². The molecule has 1 spiro atoms. The maximum absolute atomic E-state index is 11.1. The molecule has 4 heterocycles. The maximum Gasteiger partial charge on any atom is 0.146 e. The van der Waals surface area contributed by atoms with Gasteiger partial charge in [-0.1, -0.05) is 0 Å². The molecule has 7 nitrogen and oxygen atoms in total. The van der Waals surface area contributed by atoms with Gasteiger partial charge in [0.05, 0.1) is 17.9 Å². The first-order valence-corrected chi connectivity index (χ1v) is 8.55. The monoisotopic (exact) mass is 336 g/mol. The summed E-state index contributed by atoms with van der Waals surface area (Å²) in [5.74, 6) is 2.94. The molecule has 2 aliphatic rings. The van der Waals surface area contributed by atoms with E-state index < -0.39 is 0 Å². The Bertz CT molecular complexity index is 906. The van der Waals surface area contributed by atoms with Crippen molar-refractivity contribution in [3.63, 3.8) is 0 Å². The van der Waals surface area contributed by atoms with E-state index in [2.05, 4.69) is 32.8 Å². The van der Waals surface area contributed by atoms with Crippen molar-refractivity contribution in [2.45, 2.75) is 26.2 Å². The molecule has 25 heavy (non-hydrogen) atoms. The predicted octanol–water partition coefficient (Wildman–Crippen LogP) is 1.80. The highest BCUT2D eigenvalue weighted by Crippen LogP contribution is 2.43. The van der Waals surface area contributed by atoms with Crippen LogP contribution in [0, 0.1) is 23.7 Å². The van der Waals surface area contributed by atoms with Crippen LogP contribution in [0.1, 0.15) is 24.8 Å². The first kappa shape index (κ1) is 15.7. The van der Waals surface area contributed by atoms with Gasteiger partial charge in [0.2, 0.25) is 0 Å². The lowest BCUT2D eigenvalue weighted by Crippen LogP contribution is -2.31. The summed E-state index contributed by atoms with van der Waals surface area (Å²) < 4.78 is 0. The molecule has 0 radical (unpaired) electrons. The minimum atomic E-state index is 0.137. The molecule has 2 saturated heterocycles. The lowest BCUT2D eigenvalue weighted by molar-refractivity contribution is 0.315. The predicted molar refractivity (Wildman–Crippen MR) is 93.5 cm³/mol. The molecule has 0 aliphatic carbocycles. The minimum Gasteiger partial charge on any atom is -0.364 e. The van der Waals surface area contributed by atoms with Gasteiger partial charge in [0.1, 0.15) is 29.4 Å². The lowest BCUT2D eigenvalue weighted by Gasteiger charge is -2.25. The molecule has 2 aromatic rings. The number of anilines is 1. The summed E-state index contributed by atoms with van der Waals surface area (Å²) in [5, 5.41) is 9.97. The zero-order chi connectivity index (χ0) is 17.4. The molecule has 2 aromatic heterocycles. The van der Waals surface area contributed by atoms with E-state index in [1.807, 2.05) is 17.0 Å². The third-order valence-corrected chi connectivity index (χ3v) is 5.57. The summed E-state index contributed by atoms with van der Waals surface area (Å²) in [6.07, 6.45) is 5.81. The smallest absolute Gasteiger partial charge is 0.146 e. The quantitative estimate of drug-likeness (QED) is 0.860. The van der Waals surface area contributed by atoms with Crippen molar-refractivity contribution in [2.75, 3.05) is 31.1 Å². The Balaban J connectivity index is 1.57. The number of likely N-dealkylation sites (tertiary alicyclic amines) is 1. The molecule has 7 heteroatoms. The van der Waals surface area contributed by atoms with Gasteiger partial charge in [-0.15, -0.1) is 0 Å². The summed E-state index contributed by atoms with van der Waals surface area (Å²) in [6.45, 7) is 5.57. The van der Waals surface area contributed by atoms with E-state index in [4.69, 9.17) is 5.26 Å². The summed E-state index contributed by atoms with van der Waals surface area (Å²) in [7, 11) is 0. The summed E-state index contributed by atoms with van der Waals surface area (Å²) >= 11 is 0. The van der Waals surface area contributed by atoms with E-state index in [0.29, 0.717) is 5.70 Å². The SMILES string of the molecule is Cc1c[nH]c2ncnc(N3CCC4(CCN(C(=C=O)CC#N)C4)C3)c12. The molecule has 128 valence electrons. The second-order valence-electron chi connectivity index (χ2n) is 7.12. The maximum atomic E-state index is 11.1. The number of hydrogen-bond donors (Lipinski definition) is 1. The highest BCUT2D eigenvalue weighted by Gasteiger charge is 2.44. The Hall–Kier alpha value is -2.84. The molecular weight excluding hydrogens is 316 g/mol. The van der Waals surface area contributed by atoms with Gasteiger partial charge >= 0.3 is 0 Å². The van der Waals surface area contributed by atoms with Gasteiger partial charge < -0.3 is 14.8 Å². The summed E-state index contributed by atoms with van der Waals surface area (Å²) in [6, 6.07) is 2.06. The van der Waals surface area contributed by atoms with Crippen LogP contribution in [0.2, 0.25) is 0 Å². The Kier molecular flexibility index (Phi) is 3.70. The lowest BCUT2D eigenvalue weighted by atomic mass is 9.86. The third-order valence-electron chi connectivity index (χ3n) is 5.57. The third kappa shape index (κ3) is 2.55. The number of aryl methyl sites for hydroxylation is 1. The van der Waals surface area contributed by atoms with E-state index >= 15 is 0 Å². The zero-order valence-corrected chi connectivity index (χ0v) is 14.2. The van der Waals surface area contributed by atoms with Gasteiger partial charge in [0, 0.05) is 37.8 Å². The molecular formula is C18H20N6O. The summed E-state index contributed by atoms with van der Waals surface area (Å²) in [5.41, 5.74) is 2.67. The van der Waals surface area contributed by atoms with Gasteiger partial charge in [-0.3, -0.25) is 0 Å². The van der Waals surface area contributed by atoms with Crippen LogP contribution in [-0.4, -0.2) is 52.0 Å².